The molecule has 2 atom stereocenters. The Bertz CT molecular complexity index is 1260. The van der Waals surface area contributed by atoms with Crippen LogP contribution in [0.4, 0.5) is 0 Å². The molecular formula is C45H72NO8P. The average Bonchev–Trinajstić information content (AvgIpc) is 3.17. The van der Waals surface area contributed by atoms with Gasteiger partial charge < -0.3 is 20.1 Å². The molecular weight excluding hydrogens is 713 g/mol. The Hall–Kier alpha value is -3.33. The van der Waals surface area contributed by atoms with E-state index in [1.807, 2.05) is 0 Å². The minimum absolute atomic E-state index is 0.0477. The number of aliphatic hydroxyl groups excluding tert-OH is 1. The molecule has 0 aromatic carbocycles. The summed E-state index contributed by atoms with van der Waals surface area (Å²) in [5.74, 6) is -0.604. The third-order valence-electron chi connectivity index (χ3n) is 7.70. The molecule has 0 radical (unpaired) electrons. The molecule has 0 aliphatic heterocycles. The molecule has 0 heterocycles. The van der Waals surface area contributed by atoms with E-state index in [1.54, 1.807) is 0 Å². The second-order valence-electron chi connectivity index (χ2n) is 12.8. The van der Waals surface area contributed by atoms with E-state index in [-0.39, 0.29) is 32.1 Å². The number of esters is 1. The molecule has 10 heteroatoms. The van der Waals surface area contributed by atoms with Crippen LogP contribution < -0.4 is 5.32 Å². The first kappa shape index (κ1) is 51.7. The van der Waals surface area contributed by atoms with Gasteiger partial charge in [-0.05, 0) is 96.3 Å². The molecule has 0 aromatic heterocycles. The molecule has 310 valence electrons. The van der Waals surface area contributed by atoms with E-state index in [9.17, 15) is 24.2 Å². The number of phosphoric ester groups is 1. The summed E-state index contributed by atoms with van der Waals surface area (Å²) >= 11 is 0. The zero-order valence-electron chi connectivity index (χ0n) is 33.8. The van der Waals surface area contributed by atoms with Gasteiger partial charge in [-0.25, -0.2) is 4.57 Å². The highest BCUT2D eigenvalue weighted by atomic mass is 31.2. The molecule has 2 unspecified atom stereocenters. The van der Waals surface area contributed by atoms with Crippen molar-refractivity contribution in [2.75, 3.05) is 26.4 Å². The SMILES string of the molecule is CC/C=C\C/C=C\C/C=C\C/C=C\C/C=C\CCCCCC(=O)OCC(O)COP(=O)(O)OCCNC(=O)CCCC/C=C\C/C=C\C/C=C\C/C=C\CC. The Balaban J connectivity index is 3.76. The highest BCUT2D eigenvalue weighted by molar-refractivity contribution is 7.47. The molecule has 0 spiro atoms. The Morgan fingerprint density at radius 3 is 1.45 bits per heavy atom. The van der Waals surface area contributed by atoms with Crippen molar-refractivity contribution in [1.29, 1.82) is 0 Å². The van der Waals surface area contributed by atoms with Crippen molar-refractivity contribution in [1.82, 2.24) is 5.32 Å². The molecule has 55 heavy (non-hydrogen) atoms. The van der Waals surface area contributed by atoms with Gasteiger partial charge in [-0.3, -0.25) is 18.6 Å². The van der Waals surface area contributed by atoms with Crippen LogP contribution in [0.2, 0.25) is 0 Å². The minimum Gasteiger partial charge on any atom is -0.463 e. The van der Waals surface area contributed by atoms with Gasteiger partial charge in [0.2, 0.25) is 5.91 Å². The van der Waals surface area contributed by atoms with Crippen molar-refractivity contribution in [2.45, 2.75) is 136 Å². The summed E-state index contributed by atoms with van der Waals surface area (Å²) in [5.41, 5.74) is 0. The van der Waals surface area contributed by atoms with Gasteiger partial charge in [-0.1, -0.05) is 130 Å². The van der Waals surface area contributed by atoms with Crippen LogP contribution in [0.25, 0.3) is 0 Å². The molecule has 0 rings (SSSR count). The van der Waals surface area contributed by atoms with Crippen LogP contribution in [0.1, 0.15) is 129 Å². The number of nitrogens with one attached hydrogen (secondary N) is 1. The van der Waals surface area contributed by atoms with Crippen molar-refractivity contribution in [2.24, 2.45) is 0 Å². The third-order valence-corrected chi connectivity index (χ3v) is 8.68. The predicted octanol–water partition coefficient (Wildman–Crippen LogP) is 11.2. The van der Waals surface area contributed by atoms with Crippen LogP contribution >= 0.6 is 7.82 Å². The molecule has 0 aromatic rings. The number of carbonyl (C=O) groups is 2. The minimum atomic E-state index is -4.44. The molecule has 0 fully saturated rings. The predicted molar refractivity (Wildman–Crippen MR) is 228 cm³/mol. The highest BCUT2D eigenvalue weighted by Gasteiger charge is 2.23. The Morgan fingerprint density at radius 2 is 0.982 bits per heavy atom. The molecule has 0 bridgehead atoms. The van der Waals surface area contributed by atoms with E-state index >= 15 is 0 Å². The van der Waals surface area contributed by atoms with Crippen LogP contribution in [-0.2, 0) is 27.9 Å². The first-order chi connectivity index (χ1) is 26.8. The maximum absolute atomic E-state index is 12.1. The maximum atomic E-state index is 12.1. The lowest BCUT2D eigenvalue weighted by Gasteiger charge is -2.15. The van der Waals surface area contributed by atoms with Gasteiger partial charge >= 0.3 is 13.8 Å². The van der Waals surface area contributed by atoms with Gasteiger partial charge in [0.15, 0.2) is 0 Å². The fourth-order valence-electron chi connectivity index (χ4n) is 4.69. The van der Waals surface area contributed by atoms with E-state index in [0.717, 1.165) is 96.3 Å². The van der Waals surface area contributed by atoms with Gasteiger partial charge in [0.25, 0.3) is 0 Å². The van der Waals surface area contributed by atoms with Crippen molar-refractivity contribution in [3.63, 3.8) is 0 Å². The van der Waals surface area contributed by atoms with Crippen molar-refractivity contribution >= 4 is 19.7 Å². The Morgan fingerprint density at radius 1 is 0.564 bits per heavy atom. The number of hydrogen-bond acceptors (Lipinski definition) is 7. The van der Waals surface area contributed by atoms with E-state index in [0.29, 0.717) is 12.8 Å². The summed E-state index contributed by atoms with van der Waals surface area (Å²) < 4.78 is 26.8. The Labute approximate surface area is 333 Å². The van der Waals surface area contributed by atoms with E-state index in [1.165, 1.54) is 0 Å². The lowest BCUT2D eigenvalue weighted by Crippen LogP contribution is -2.27. The fourth-order valence-corrected chi connectivity index (χ4v) is 5.45. The first-order valence-corrected chi connectivity index (χ1v) is 21.9. The monoisotopic (exact) mass is 785 g/mol. The van der Waals surface area contributed by atoms with Gasteiger partial charge in [-0.2, -0.15) is 0 Å². The summed E-state index contributed by atoms with van der Waals surface area (Å²) in [7, 11) is -4.44. The number of hydrogen-bond donors (Lipinski definition) is 3. The number of rotatable bonds is 36. The summed E-state index contributed by atoms with van der Waals surface area (Å²) in [6, 6.07) is 0. The first-order valence-electron chi connectivity index (χ1n) is 20.4. The van der Waals surface area contributed by atoms with Crippen molar-refractivity contribution < 1.29 is 37.9 Å². The van der Waals surface area contributed by atoms with E-state index in [4.69, 9.17) is 13.8 Å². The molecule has 0 aliphatic carbocycles. The number of ether oxygens (including phenoxy) is 1. The smallest absolute Gasteiger partial charge is 0.463 e. The van der Waals surface area contributed by atoms with Crippen molar-refractivity contribution in [3.8, 4) is 0 Å². The van der Waals surface area contributed by atoms with Crippen LogP contribution in [0.3, 0.4) is 0 Å². The number of phosphoric acid groups is 1. The van der Waals surface area contributed by atoms with E-state index in [2.05, 4.69) is 129 Å². The van der Waals surface area contributed by atoms with Gasteiger partial charge in [-0.15, -0.1) is 0 Å². The second-order valence-corrected chi connectivity index (χ2v) is 14.3. The third kappa shape index (κ3) is 41.7. The van der Waals surface area contributed by atoms with Crippen LogP contribution in [0.15, 0.2) is 109 Å². The number of unbranched alkanes of at least 4 members (excludes halogenated alkanes) is 5. The fraction of sp³-hybridized carbons (Fsp3) is 0.556. The molecule has 0 saturated heterocycles. The highest BCUT2D eigenvalue weighted by Crippen LogP contribution is 2.42. The summed E-state index contributed by atoms with van der Waals surface area (Å²) in [6.07, 6.45) is 53.1. The van der Waals surface area contributed by atoms with Gasteiger partial charge in [0, 0.05) is 19.4 Å². The molecule has 0 saturated carbocycles. The number of allylic oxidation sites excluding steroid dienone is 18. The molecule has 3 N–H and O–H groups in total. The number of amides is 1. The summed E-state index contributed by atoms with van der Waals surface area (Å²) in [6.45, 7) is 3.19. The van der Waals surface area contributed by atoms with Gasteiger partial charge in [0.1, 0.15) is 12.7 Å². The average molecular weight is 786 g/mol. The topological polar surface area (TPSA) is 131 Å². The van der Waals surface area contributed by atoms with Crippen LogP contribution in [-0.4, -0.2) is 54.3 Å². The van der Waals surface area contributed by atoms with Crippen LogP contribution in [0, 0.1) is 0 Å². The molecule has 1 amide bonds. The standard InChI is InChI=1S/C45H72NO8P/c1-3-5-7-9-11-13-15-17-19-20-21-22-24-26-28-30-32-34-36-38-45(49)52-41-43(47)42-54-55(50,51)53-40-39-46-44(48)37-35-33-31-29-27-25-23-18-16-14-12-10-8-6-4-2/h5-8,11-14,17-19,21-23,26-29,43,47H,3-4,9-10,15-16,20,24-25,30-42H2,1-2H3,(H,46,48)(H,50,51)/b7-5-,8-6-,13-11-,14-12-,19-17-,22-21-,23-18-,28-26-,29-27-. The summed E-state index contributed by atoms with van der Waals surface area (Å²) in [4.78, 5) is 33.8. The molecule has 9 nitrogen and oxygen atoms in total. The van der Waals surface area contributed by atoms with Crippen molar-refractivity contribution in [3.05, 3.63) is 109 Å². The normalized spacial score (nSPS) is 14.5. The lowest BCUT2D eigenvalue weighted by molar-refractivity contribution is -0.147. The van der Waals surface area contributed by atoms with Crippen LogP contribution in [0.5, 0.6) is 0 Å². The zero-order valence-corrected chi connectivity index (χ0v) is 34.7. The van der Waals surface area contributed by atoms with E-state index < -0.39 is 26.5 Å². The summed E-state index contributed by atoms with van der Waals surface area (Å²) in [5, 5.41) is 12.6. The maximum Gasteiger partial charge on any atom is 0.472 e. The lowest BCUT2D eigenvalue weighted by atomic mass is 10.1. The molecule has 0 aliphatic rings. The number of carbonyl (C=O) groups excluding carboxylic acids is 2. The van der Waals surface area contributed by atoms with Gasteiger partial charge in [0.05, 0.1) is 13.2 Å². The second kappa shape index (κ2) is 40.3. The largest absolute Gasteiger partial charge is 0.472 e. The Kier molecular flexibility index (Phi) is 37.9. The zero-order chi connectivity index (χ0) is 40.3. The number of aliphatic hydroxyl groups is 1. The quantitative estimate of drug-likeness (QED) is 0.0248.